The van der Waals surface area contributed by atoms with Crippen LogP contribution < -0.4 is 15.0 Å². The Morgan fingerprint density at radius 1 is 1.15 bits per heavy atom. The molecule has 1 aromatic heterocycles. The van der Waals surface area contributed by atoms with Crippen molar-refractivity contribution in [3.63, 3.8) is 0 Å². The summed E-state index contributed by atoms with van der Waals surface area (Å²) < 4.78 is 11.6. The third-order valence-corrected chi connectivity index (χ3v) is 9.04. The molecule has 12 heteroatoms. The minimum atomic E-state index is -0.488. The Balaban J connectivity index is 1.04. The highest BCUT2D eigenvalue weighted by Gasteiger charge is 2.47. The number of ether oxygens (including phenoxy) is 2. The van der Waals surface area contributed by atoms with Crippen molar-refractivity contribution in [1.82, 2.24) is 20.4 Å². The highest BCUT2D eigenvalue weighted by atomic mass is 35.5. The molecule has 1 aliphatic carbocycles. The van der Waals surface area contributed by atoms with Gasteiger partial charge < -0.3 is 24.6 Å². The van der Waals surface area contributed by atoms with Crippen molar-refractivity contribution < 1.29 is 19.1 Å². The third kappa shape index (κ3) is 6.61. The highest BCUT2D eigenvalue weighted by Crippen LogP contribution is 2.43. The maximum Gasteiger partial charge on any atom is 0.410 e. The second-order valence-electron chi connectivity index (χ2n) is 12.0. The molecule has 2 amide bonds. The number of rotatable bonds is 5. The van der Waals surface area contributed by atoms with Crippen molar-refractivity contribution in [3.8, 4) is 5.75 Å². The largest absolute Gasteiger partial charge is 0.490 e. The molecule has 2 aliphatic heterocycles. The summed E-state index contributed by atoms with van der Waals surface area (Å²) in [5, 5.41) is 13.1. The number of carbonyl (C=O) groups is 2. The standard InChI is InChI=1S/C28H35ClN6O4S/c1-27(2,3)39-26(37)34-13-11-28(12-14-34)16-35(17-28)25-33-32-24(40-25)23(36)31-18-5-7-19(8-6-18)38-20-9-10-22(30-4)21(29)15-20/h9-10,15,18-19H,5-8,11-14,16-17H2,1-3H3,(H,31,36). The van der Waals surface area contributed by atoms with E-state index in [9.17, 15) is 9.59 Å². The second kappa shape index (κ2) is 11.4. The number of nitrogens with zero attached hydrogens (tertiary/aromatic N) is 5. The zero-order valence-electron chi connectivity index (χ0n) is 23.1. The van der Waals surface area contributed by atoms with Crippen LogP contribution in [0.1, 0.15) is 69.1 Å². The zero-order valence-corrected chi connectivity index (χ0v) is 24.7. The smallest absolute Gasteiger partial charge is 0.410 e. The number of hydrogen-bond donors (Lipinski definition) is 1. The molecule has 2 saturated heterocycles. The molecule has 1 saturated carbocycles. The summed E-state index contributed by atoms with van der Waals surface area (Å²) in [4.78, 5) is 32.6. The Kier molecular flexibility index (Phi) is 8.11. The van der Waals surface area contributed by atoms with Gasteiger partial charge in [-0.25, -0.2) is 9.64 Å². The Bertz CT molecular complexity index is 1280. The first-order valence-electron chi connectivity index (χ1n) is 13.7. The van der Waals surface area contributed by atoms with E-state index >= 15 is 0 Å². The molecule has 1 spiro atoms. The van der Waals surface area contributed by atoms with Crippen LogP contribution in [0.5, 0.6) is 5.75 Å². The molecule has 5 rings (SSSR count). The van der Waals surface area contributed by atoms with Crippen molar-refractivity contribution >= 4 is 45.8 Å². The molecule has 0 bridgehead atoms. The van der Waals surface area contributed by atoms with Crippen LogP contribution in [0.2, 0.25) is 5.02 Å². The summed E-state index contributed by atoms with van der Waals surface area (Å²) >= 11 is 7.45. The van der Waals surface area contributed by atoms with Gasteiger partial charge in [-0.3, -0.25) is 4.79 Å². The van der Waals surface area contributed by atoms with Crippen molar-refractivity contribution in [2.24, 2.45) is 5.41 Å². The lowest BCUT2D eigenvalue weighted by atomic mass is 9.72. The topological polar surface area (TPSA) is 101 Å². The van der Waals surface area contributed by atoms with Gasteiger partial charge in [-0.1, -0.05) is 29.0 Å². The lowest BCUT2D eigenvalue weighted by Crippen LogP contribution is -2.61. The van der Waals surface area contributed by atoms with Crippen LogP contribution in [0.25, 0.3) is 4.85 Å². The molecule has 1 N–H and O–H groups in total. The lowest BCUT2D eigenvalue weighted by molar-refractivity contribution is 0.00595. The molecule has 10 nitrogen and oxygen atoms in total. The molecule has 1 aromatic carbocycles. The maximum absolute atomic E-state index is 12.9. The first-order valence-corrected chi connectivity index (χ1v) is 14.9. The Hall–Kier alpha value is -3.10. The molecule has 2 aromatic rings. The average molecular weight is 587 g/mol. The van der Waals surface area contributed by atoms with E-state index in [0.29, 0.717) is 34.6 Å². The van der Waals surface area contributed by atoms with Gasteiger partial charge in [0.15, 0.2) is 0 Å². The summed E-state index contributed by atoms with van der Waals surface area (Å²) in [7, 11) is 0. The van der Waals surface area contributed by atoms with E-state index < -0.39 is 5.60 Å². The predicted octanol–water partition coefficient (Wildman–Crippen LogP) is 5.70. The summed E-state index contributed by atoms with van der Waals surface area (Å²) in [5.41, 5.74) is 0.102. The van der Waals surface area contributed by atoms with Crippen molar-refractivity contribution in [3.05, 3.63) is 39.6 Å². The van der Waals surface area contributed by atoms with Gasteiger partial charge in [0, 0.05) is 37.6 Å². The SMILES string of the molecule is [C-]#[N+]c1ccc(OC2CCC(NC(=O)c3nnc(N4CC5(CCN(C(=O)OC(C)(C)C)CC5)C4)s3)CC2)cc1Cl. The molecule has 40 heavy (non-hydrogen) atoms. The fourth-order valence-corrected chi connectivity index (χ4v) is 6.52. The molecule has 0 unspecified atom stereocenters. The quantitative estimate of drug-likeness (QED) is 0.448. The van der Waals surface area contributed by atoms with Gasteiger partial charge in [0.25, 0.3) is 5.91 Å². The fourth-order valence-electron chi connectivity index (χ4n) is 5.56. The predicted molar refractivity (Wildman–Crippen MR) is 153 cm³/mol. The molecule has 0 radical (unpaired) electrons. The average Bonchev–Trinajstić information content (AvgIpc) is 3.38. The number of anilines is 1. The van der Waals surface area contributed by atoms with Crippen molar-refractivity contribution in [1.29, 1.82) is 0 Å². The normalized spacial score (nSPS) is 22.3. The monoisotopic (exact) mass is 586 g/mol. The van der Waals surface area contributed by atoms with Gasteiger partial charge in [0.2, 0.25) is 15.8 Å². The van der Waals surface area contributed by atoms with E-state index in [1.165, 1.54) is 11.3 Å². The molecule has 3 heterocycles. The second-order valence-corrected chi connectivity index (χ2v) is 13.4. The summed E-state index contributed by atoms with van der Waals surface area (Å²) in [5.74, 6) is 0.475. The molecular formula is C28H35ClN6O4S. The van der Waals surface area contributed by atoms with E-state index in [0.717, 1.165) is 56.7 Å². The number of carbonyl (C=O) groups excluding carboxylic acids is 2. The lowest BCUT2D eigenvalue weighted by Gasteiger charge is -2.53. The Labute approximate surface area is 243 Å². The Morgan fingerprint density at radius 3 is 2.48 bits per heavy atom. The van der Waals surface area contributed by atoms with Crippen molar-refractivity contribution in [2.75, 3.05) is 31.1 Å². The van der Waals surface area contributed by atoms with Crippen LogP contribution in [0, 0.1) is 12.0 Å². The number of piperidine rings is 1. The number of amides is 2. The van der Waals surface area contributed by atoms with Gasteiger partial charge in [-0.15, -0.1) is 10.2 Å². The van der Waals surface area contributed by atoms with Crippen LogP contribution in [0.4, 0.5) is 15.6 Å². The van der Waals surface area contributed by atoms with Gasteiger partial charge >= 0.3 is 6.09 Å². The van der Waals surface area contributed by atoms with Crippen LogP contribution in [-0.2, 0) is 4.74 Å². The van der Waals surface area contributed by atoms with Crippen LogP contribution in [0.15, 0.2) is 18.2 Å². The zero-order chi connectivity index (χ0) is 28.5. The van der Waals surface area contributed by atoms with E-state index in [1.807, 2.05) is 20.8 Å². The molecule has 214 valence electrons. The fraction of sp³-hybridized carbons (Fsp3) is 0.607. The third-order valence-electron chi connectivity index (χ3n) is 7.76. The van der Waals surface area contributed by atoms with Crippen molar-refractivity contribution in [2.45, 2.75) is 77.0 Å². The number of likely N-dealkylation sites (tertiary alicyclic amines) is 1. The van der Waals surface area contributed by atoms with Crippen LogP contribution in [-0.4, -0.2) is 71.0 Å². The maximum atomic E-state index is 12.9. The number of aromatic nitrogens is 2. The van der Waals surface area contributed by atoms with Crippen LogP contribution in [0.3, 0.4) is 0 Å². The first kappa shape index (κ1) is 28.4. The van der Waals surface area contributed by atoms with Gasteiger partial charge in [0.05, 0.1) is 17.7 Å². The number of nitrogens with one attached hydrogen (secondary N) is 1. The molecular weight excluding hydrogens is 552 g/mol. The minimum Gasteiger partial charge on any atom is -0.490 e. The molecule has 0 atom stereocenters. The summed E-state index contributed by atoms with van der Waals surface area (Å²) in [6.45, 7) is 15.9. The number of benzene rings is 1. The first-order chi connectivity index (χ1) is 19.0. The molecule has 3 aliphatic rings. The van der Waals surface area contributed by atoms with E-state index in [1.54, 1.807) is 23.1 Å². The highest BCUT2D eigenvalue weighted by molar-refractivity contribution is 7.17. The van der Waals surface area contributed by atoms with E-state index in [-0.39, 0.29) is 29.6 Å². The number of halogens is 1. The minimum absolute atomic E-state index is 0.0471. The van der Waals surface area contributed by atoms with Gasteiger partial charge in [0.1, 0.15) is 11.4 Å². The summed E-state index contributed by atoms with van der Waals surface area (Å²) in [6.07, 6.45) is 4.92. The van der Waals surface area contributed by atoms with Gasteiger partial charge in [-0.05, 0) is 71.4 Å². The Morgan fingerprint density at radius 2 is 1.85 bits per heavy atom. The summed E-state index contributed by atoms with van der Waals surface area (Å²) in [6, 6.07) is 5.19. The van der Waals surface area contributed by atoms with Gasteiger partial charge in [-0.2, -0.15) is 0 Å². The van der Waals surface area contributed by atoms with E-state index in [4.69, 9.17) is 27.6 Å². The number of hydrogen-bond acceptors (Lipinski definition) is 8. The molecule has 3 fully saturated rings. The van der Waals surface area contributed by atoms with Crippen LogP contribution >= 0.6 is 22.9 Å². The van der Waals surface area contributed by atoms with E-state index in [2.05, 4.69) is 25.3 Å².